The molecular weight excluding hydrogens is 300 g/mol. The zero-order valence-corrected chi connectivity index (χ0v) is 11.2. The first-order valence-corrected chi connectivity index (χ1v) is 6.28. The molecule has 1 aromatic rings. The second-order valence-electron chi connectivity index (χ2n) is 3.84. The SMILES string of the molecule is O=C([O-])CCC(=O)CCC(=O)c1ccc(Br)cc1. The van der Waals surface area contributed by atoms with Crippen molar-refractivity contribution in [2.24, 2.45) is 0 Å². The number of ketones is 2. The summed E-state index contributed by atoms with van der Waals surface area (Å²) in [4.78, 5) is 33.1. The van der Waals surface area contributed by atoms with Crippen LogP contribution in [0.25, 0.3) is 0 Å². The first-order chi connectivity index (χ1) is 8.49. The molecule has 0 aliphatic carbocycles. The number of Topliss-reactive ketones (excluding diaryl/α,β-unsaturated/α-hetero) is 2. The fourth-order valence-electron chi connectivity index (χ4n) is 1.40. The Morgan fingerprint density at radius 2 is 1.50 bits per heavy atom. The van der Waals surface area contributed by atoms with Gasteiger partial charge >= 0.3 is 0 Å². The minimum Gasteiger partial charge on any atom is -0.550 e. The van der Waals surface area contributed by atoms with E-state index in [2.05, 4.69) is 15.9 Å². The van der Waals surface area contributed by atoms with Gasteiger partial charge in [-0.15, -0.1) is 0 Å². The van der Waals surface area contributed by atoms with Crippen LogP contribution in [-0.4, -0.2) is 17.5 Å². The van der Waals surface area contributed by atoms with Crippen LogP contribution in [0.3, 0.4) is 0 Å². The Balaban J connectivity index is 2.39. The first kappa shape index (κ1) is 14.6. The third-order valence-corrected chi connectivity index (χ3v) is 2.93. The molecule has 0 fully saturated rings. The molecule has 0 atom stereocenters. The molecule has 18 heavy (non-hydrogen) atoms. The van der Waals surface area contributed by atoms with E-state index >= 15 is 0 Å². The molecule has 0 aliphatic rings. The standard InChI is InChI=1S/C13H13BrO4/c14-10-3-1-9(2-4-10)12(16)7-5-11(15)6-8-13(17)18/h1-4H,5-8H2,(H,17,18)/p-1. The fourth-order valence-corrected chi connectivity index (χ4v) is 1.66. The lowest BCUT2D eigenvalue weighted by Crippen LogP contribution is -2.22. The van der Waals surface area contributed by atoms with Crippen molar-refractivity contribution in [2.75, 3.05) is 0 Å². The summed E-state index contributed by atoms with van der Waals surface area (Å²) in [5, 5.41) is 10.2. The molecular formula is C13H12BrO4-. The normalized spacial score (nSPS) is 10.1. The number of hydrogen-bond donors (Lipinski definition) is 0. The van der Waals surface area contributed by atoms with Crippen LogP contribution in [0.1, 0.15) is 36.0 Å². The van der Waals surface area contributed by atoms with Crippen LogP contribution < -0.4 is 5.11 Å². The lowest BCUT2D eigenvalue weighted by molar-refractivity contribution is -0.305. The smallest absolute Gasteiger partial charge is 0.163 e. The summed E-state index contributed by atoms with van der Waals surface area (Å²) in [6, 6.07) is 6.87. The second kappa shape index (κ2) is 7.06. The number of hydrogen-bond acceptors (Lipinski definition) is 4. The van der Waals surface area contributed by atoms with Crippen LogP contribution in [0, 0.1) is 0 Å². The van der Waals surface area contributed by atoms with E-state index in [1.165, 1.54) is 0 Å². The molecule has 96 valence electrons. The van der Waals surface area contributed by atoms with E-state index in [1.54, 1.807) is 24.3 Å². The van der Waals surface area contributed by atoms with Crippen LogP contribution in [0.5, 0.6) is 0 Å². The Labute approximate surface area is 113 Å². The van der Waals surface area contributed by atoms with Gasteiger partial charge in [0.05, 0.1) is 0 Å². The molecule has 0 heterocycles. The first-order valence-electron chi connectivity index (χ1n) is 5.49. The number of carbonyl (C=O) groups is 3. The molecule has 5 heteroatoms. The summed E-state index contributed by atoms with van der Waals surface area (Å²) in [7, 11) is 0. The van der Waals surface area contributed by atoms with Gasteiger partial charge in [-0.1, -0.05) is 28.1 Å². The average molecular weight is 312 g/mol. The highest BCUT2D eigenvalue weighted by atomic mass is 79.9. The third-order valence-electron chi connectivity index (χ3n) is 2.41. The Bertz CT molecular complexity index is 451. The summed E-state index contributed by atoms with van der Waals surface area (Å²) in [6.07, 6.45) is -0.184. The number of carboxylic acid groups (broad SMARTS) is 1. The summed E-state index contributed by atoms with van der Waals surface area (Å²) in [5.74, 6) is -1.60. The van der Waals surface area contributed by atoms with E-state index in [-0.39, 0.29) is 37.2 Å². The number of benzene rings is 1. The number of carboxylic acids is 1. The zero-order valence-electron chi connectivity index (χ0n) is 9.65. The quantitative estimate of drug-likeness (QED) is 0.715. The highest BCUT2D eigenvalue weighted by Gasteiger charge is 2.09. The van der Waals surface area contributed by atoms with Crippen molar-refractivity contribution in [3.05, 3.63) is 34.3 Å². The van der Waals surface area contributed by atoms with E-state index in [4.69, 9.17) is 0 Å². The molecule has 0 aromatic heterocycles. The van der Waals surface area contributed by atoms with Crippen LogP contribution in [0.4, 0.5) is 0 Å². The number of aliphatic carboxylic acids is 1. The maximum absolute atomic E-state index is 11.7. The minimum absolute atomic E-state index is 0.0716. The largest absolute Gasteiger partial charge is 0.550 e. The summed E-state index contributed by atoms with van der Waals surface area (Å²) >= 11 is 3.26. The molecule has 1 rings (SSSR count). The number of halogens is 1. The van der Waals surface area contributed by atoms with Crippen molar-refractivity contribution >= 4 is 33.5 Å². The molecule has 0 bridgehead atoms. The molecule has 1 aromatic carbocycles. The van der Waals surface area contributed by atoms with Crippen molar-refractivity contribution in [1.29, 1.82) is 0 Å². The molecule has 0 saturated carbocycles. The highest BCUT2D eigenvalue weighted by molar-refractivity contribution is 9.10. The van der Waals surface area contributed by atoms with Crippen LogP contribution in [-0.2, 0) is 9.59 Å². The van der Waals surface area contributed by atoms with E-state index in [9.17, 15) is 19.5 Å². The highest BCUT2D eigenvalue weighted by Crippen LogP contribution is 2.13. The van der Waals surface area contributed by atoms with Crippen LogP contribution in [0.2, 0.25) is 0 Å². The molecule has 4 nitrogen and oxygen atoms in total. The third kappa shape index (κ3) is 5.23. The predicted molar refractivity (Wildman–Crippen MR) is 67.0 cm³/mol. The summed E-state index contributed by atoms with van der Waals surface area (Å²) in [6.45, 7) is 0. The van der Waals surface area contributed by atoms with Gasteiger partial charge in [0.2, 0.25) is 0 Å². The van der Waals surface area contributed by atoms with Crippen LogP contribution >= 0.6 is 15.9 Å². The van der Waals surface area contributed by atoms with E-state index < -0.39 is 5.97 Å². The van der Waals surface area contributed by atoms with Gasteiger partial charge in [-0.3, -0.25) is 9.59 Å². The lowest BCUT2D eigenvalue weighted by atomic mass is 10.0. The molecule has 0 amide bonds. The van der Waals surface area contributed by atoms with E-state index in [1.807, 2.05) is 0 Å². The molecule has 0 radical (unpaired) electrons. The molecule has 0 unspecified atom stereocenters. The predicted octanol–water partition coefficient (Wildman–Crippen LogP) is 1.51. The maximum atomic E-state index is 11.7. The van der Waals surface area contributed by atoms with Crippen molar-refractivity contribution in [1.82, 2.24) is 0 Å². The zero-order chi connectivity index (χ0) is 13.5. The Kier molecular flexibility index (Phi) is 5.71. The van der Waals surface area contributed by atoms with Gasteiger partial charge in [-0.05, 0) is 18.6 Å². The van der Waals surface area contributed by atoms with Gasteiger partial charge in [-0.25, -0.2) is 0 Å². The van der Waals surface area contributed by atoms with Gasteiger partial charge in [0.15, 0.2) is 5.78 Å². The Hall–Kier alpha value is -1.49. The van der Waals surface area contributed by atoms with Gasteiger partial charge in [-0.2, -0.15) is 0 Å². The average Bonchev–Trinajstić information content (AvgIpc) is 2.34. The van der Waals surface area contributed by atoms with E-state index in [0.29, 0.717) is 5.56 Å². The maximum Gasteiger partial charge on any atom is 0.163 e. The van der Waals surface area contributed by atoms with Crippen molar-refractivity contribution in [3.8, 4) is 0 Å². The van der Waals surface area contributed by atoms with Crippen molar-refractivity contribution in [2.45, 2.75) is 25.7 Å². The van der Waals surface area contributed by atoms with Gasteiger partial charge in [0, 0.05) is 35.3 Å². The molecule has 0 N–H and O–H groups in total. The number of rotatable bonds is 7. The Morgan fingerprint density at radius 3 is 2.06 bits per heavy atom. The summed E-state index contributed by atoms with van der Waals surface area (Å²) < 4.78 is 0.879. The topological polar surface area (TPSA) is 74.3 Å². The minimum atomic E-state index is -1.25. The van der Waals surface area contributed by atoms with Crippen LogP contribution in [0.15, 0.2) is 28.7 Å². The fraction of sp³-hybridized carbons (Fsp3) is 0.308. The molecule has 0 saturated heterocycles. The van der Waals surface area contributed by atoms with E-state index in [0.717, 1.165) is 4.47 Å². The van der Waals surface area contributed by atoms with Gasteiger partial charge in [0.1, 0.15) is 5.78 Å². The Morgan fingerprint density at radius 1 is 0.944 bits per heavy atom. The van der Waals surface area contributed by atoms with Crippen molar-refractivity contribution in [3.63, 3.8) is 0 Å². The summed E-state index contributed by atoms with van der Waals surface area (Å²) in [5.41, 5.74) is 0.547. The van der Waals surface area contributed by atoms with Crippen molar-refractivity contribution < 1.29 is 19.5 Å². The second-order valence-corrected chi connectivity index (χ2v) is 4.76. The monoisotopic (exact) mass is 311 g/mol. The molecule has 0 aliphatic heterocycles. The van der Waals surface area contributed by atoms with Gasteiger partial charge in [0.25, 0.3) is 0 Å². The lowest BCUT2D eigenvalue weighted by Gasteiger charge is -2.02. The van der Waals surface area contributed by atoms with Gasteiger partial charge < -0.3 is 9.90 Å². The number of carbonyl (C=O) groups excluding carboxylic acids is 3. The molecule has 0 spiro atoms.